The molecule has 7 heteroatoms. The Kier molecular flexibility index (Phi) is 3.21. The fourth-order valence-corrected chi connectivity index (χ4v) is 3.16. The lowest BCUT2D eigenvalue weighted by atomic mass is 10.2. The van der Waals surface area contributed by atoms with Crippen molar-refractivity contribution in [2.24, 2.45) is 0 Å². The highest BCUT2D eigenvalue weighted by Crippen LogP contribution is 2.21. The number of pyridine rings is 1. The third kappa shape index (κ3) is 2.40. The van der Waals surface area contributed by atoms with Crippen molar-refractivity contribution < 1.29 is 8.42 Å². The van der Waals surface area contributed by atoms with Crippen LogP contribution in [0.4, 0.5) is 0 Å². The van der Waals surface area contributed by atoms with Crippen molar-refractivity contribution in [1.29, 1.82) is 0 Å². The normalized spacial score (nSPS) is 11.8. The minimum atomic E-state index is -3.60. The highest BCUT2D eigenvalue weighted by Gasteiger charge is 2.17. The van der Waals surface area contributed by atoms with Crippen LogP contribution in [-0.2, 0) is 16.6 Å². The van der Waals surface area contributed by atoms with Gasteiger partial charge in [0.05, 0.1) is 22.7 Å². The summed E-state index contributed by atoms with van der Waals surface area (Å²) in [6, 6.07) is 10.2. The lowest BCUT2D eigenvalue weighted by Gasteiger charge is -2.08. The first-order chi connectivity index (χ1) is 9.67. The molecule has 0 atom stereocenters. The van der Waals surface area contributed by atoms with Crippen LogP contribution in [0.15, 0.2) is 53.7 Å². The van der Waals surface area contributed by atoms with Crippen LogP contribution < -0.4 is 4.72 Å². The second-order valence-corrected chi connectivity index (χ2v) is 5.97. The van der Waals surface area contributed by atoms with Crippen LogP contribution in [-0.4, -0.2) is 23.6 Å². The van der Waals surface area contributed by atoms with Crippen molar-refractivity contribution in [3.05, 3.63) is 54.5 Å². The molecule has 0 amide bonds. The van der Waals surface area contributed by atoms with Gasteiger partial charge in [0.2, 0.25) is 10.0 Å². The van der Waals surface area contributed by atoms with Crippen LogP contribution in [0.25, 0.3) is 10.9 Å². The molecule has 0 bridgehead atoms. The van der Waals surface area contributed by atoms with Gasteiger partial charge in [-0.1, -0.05) is 6.07 Å². The van der Waals surface area contributed by atoms with Crippen LogP contribution in [0, 0.1) is 0 Å². The third-order valence-electron chi connectivity index (χ3n) is 2.91. The second-order valence-electron chi connectivity index (χ2n) is 4.23. The summed E-state index contributed by atoms with van der Waals surface area (Å²) in [6.45, 7) is 0.166. The van der Waals surface area contributed by atoms with Gasteiger partial charge in [-0.15, -0.1) is 0 Å². The molecule has 3 rings (SSSR count). The number of fused-ring (bicyclic) bond motifs is 1. The van der Waals surface area contributed by atoms with Crippen LogP contribution in [0.3, 0.4) is 0 Å². The molecule has 0 aliphatic rings. The molecule has 0 spiro atoms. The Morgan fingerprint density at radius 1 is 1.10 bits per heavy atom. The summed E-state index contributed by atoms with van der Waals surface area (Å²) >= 11 is 0. The van der Waals surface area contributed by atoms with Gasteiger partial charge in [-0.05, 0) is 30.3 Å². The molecule has 2 aromatic heterocycles. The van der Waals surface area contributed by atoms with Crippen molar-refractivity contribution in [3.63, 3.8) is 0 Å². The summed E-state index contributed by atoms with van der Waals surface area (Å²) in [5.74, 6) is 0. The Hall–Kier alpha value is -2.25. The van der Waals surface area contributed by atoms with E-state index in [1.807, 2.05) is 0 Å². The van der Waals surface area contributed by atoms with Gasteiger partial charge in [-0.2, -0.15) is 5.10 Å². The fraction of sp³-hybridized carbons (Fsp3) is 0.0769. The Labute approximate surface area is 115 Å². The lowest BCUT2D eigenvalue weighted by Crippen LogP contribution is -2.23. The summed E-state index contributed by atoms with van der Waals surface area (Å²) in [7, 11) is -3.60. The first kappa shape index (κ1) is 12.8. The van der Waals surface area contributed by atoms with E-state index in [4.69, 9.17) is 0 Å². The highest BCUT2D eigenvalue weighted by molar-refractivity contribution is 7.89. The zero-order valence-corrected chi connectivity index (χ0v) is 11.3. The number of benzene rings is 1. The van der Waals surface area contributed by atoms with Gasteiger partial charge in [0.25, 0.3) is 0 Å². The van der Waals surface area contributed by atoms with Gasteiger partial charge < -0.3 is 0 Å². The second kappa shape index (κ2) is 5.03. The predicted molar refractivity (Wildman–Crippen MR) is 74.4 cm³/mol. The molecular formula is C13H12N4O2S. The average Bonchev–Trinajstić information content (AvgIpc) is 2.98. The quantitative estimate of drug-likeness (QED) is 0.760. The summed E-state index contributed by atoms with van der Waals surface area (Å²) in [4.78, 5) is 4.38. The molecule has 0 radical (unpaired) electrons. The largest absolute Gasteiger partial charge is 0.281 e. The van der Waals surface area contributed by atoms with Crippen LogP contribution in [0.2, 0.25) is 0 Å². The number of H-pyrrole nitrogens is 1. The van der Waals surface area contributed by atoms with Gasteiger partial charge in [-0.25, -0.2) is 13.1 Å². The summed E-state index contributed by atoms with van der Waals surface area (Å²) in [6.07, 6.45) is 3.21. The number of hydrogen-bond acceptors (Lipinski definition) is 4. The van der Waals surface area contributed by atoms with Crippen molar-refractivity contribution in [1.82, 2.24) is 19.9 Å². The lowest BCUT2D eigenvalue weighted by molar-refractivity contribution is 0.581. The first-order valence-corrected chi connectivity index (χ1v) is 7.47. The standard InChI is InChI=1S/C13H12N4O2S/c18-20(19,16-9-10-6-8-15-17-10)13-5-1-4-12-11(13)3-2-7-14-12/h1-8,16H,9H2,(H,15,17). The molecular weight excluding hydrogens is 276 g/mol. The van der Waals surface area contributed by atoms with Gasteiger partial charge in [0.15, 0.2) is 0 Å². The zero-order valence-electron chi connectivity index (χ0n) is 10.4. The maximum Gasteiger partial charge on any atom is 0.241 e. The molecule has 6 nitrogen and oxygen atoms in total. The summed E-state index contributed by atoms with van der Waals surface area (Å²) in [5.41, 5.74) is 1.35. The Morgan fingerprint density at radius 3 is 2.80 bits per heavy atom. The number of sulfonamides is 1. The molecule has 2 heterocycles. The third-order valence-corrected chi connectivity index (χ3v) is 4.37. The van der Waals surface area contributed by atoms with E-state index < -0.39 is 10.0 Å². The van der Waals surface area contributed by atoms with E-state index >= 15 is 0 Å². The Morgan fingerprint density at radius 2 is 2.00 bits per heavy atom. The molecule has 0 saturated carbocycles. The monoisotopic (exact) mass is 288 g/mol. The summed E-state index contributed by atoms with van der Waals surface area (Å²) < 4.78 is 27.3. The van der Waals surface area contributed by atoms with Crippen LogP contribution >= 0.6 is 0 Å². The summed E-state index contributed by atoms with van der Waals surface area (Å²) in [5, 5.41) is 7.09. The van der Waals surface area contributed by atoms with Gasteiger partial charge in [-0.3, -0.25) is 10.1 Å². The topological polar surface area (TPSA) is 87.7 Å². The van der Waals surface area contributed by atoms with E-state index in [1.54, 1.807) is 48.8 Å². The minimum absolute atomic E-state index is 0.166. The van der Waals surface area contributed by atoms with E-state index in [0.29, 0.717) is 16.6 Å². The molecule has 20 heavy (non-hydrogen) atoms. The first-order valence-electron chi connectivity index (χ1n) is 5.98. The van der Waals surface area contributed by atoms with Gasteiger partial charge in [0, 0.05) is 17.8 Å². The molecule has 0 fully saturated rings. The number of nitrogens with zero attached hydrogens (tertiary/aromatic N) is 2. The van der Waals surface area contributed by atoms with Crippen molar-refractivity contribution in [3.8, 4) is 0 Å². The Bertz CT molecular complexity index is 823. The smallest absolute Gasteiger partial charge is 0.241 e. The fourth-order valence-electron chi connectivity index (χ4n) is 1.94. The van der Waals surface area contributed by atoms with Crippen molar-refractivity contribution >= 4 is 20.9 Å². The van der Waals surface area contributed by atoms with Crippen LogP contribution in [0.5, 0.6) is 0 Å². The van der Waals surface area contributed by atoms with Crippen LogP contribution in [0.1, 0.15) is 5.69 Å². The van der Waals surface area contributed by atoms with E-state index in [2.05, 4.69) is 19.9 Å². The van der Waals surface area contributed by atoms with E-state index in [9.17, 15) is 8.42 Å². The Balaban J connectivity index is 1.97. The number of aromatic nitrogens is 3. The maximum atomic E-state index is 12.4. The molecule has 2 N–H and O–H groups in total. The molecule has 102 valence electrons. The maximum absolute atomic E-state index is 12.4. The number of rotatable bonds is 4. The number of aromatic amines is 1. The molecule has 0 saturated heterocycles. The predicted octanol–water partition coefficient (Wildman–Crippen LogP) is 1.44. The van der Waals surface area contributed by atoms with Gasteiger partial charge in [0.1, 0.15) is 0 Å². The number of nitrogens with one attached hydrogen (secondary N) is 2. The number of hydrogen-bond donors (Lipinski definition) is 2. The molecule has 1 aromatic carbocycles. The van der Waals surface area contributed by atoms with Gasteiger partial charge >= 0.3 is 0 Å². The SMILES string of the molecule is O=S(=O)(NCc1ccn[nH]1)c1cccc2ncccc12. The average molecular weight is 288 g/mol. The highest BCUT2D eigenvalue weighted by atomic mass is 32.2. The van der Waals surface area contributed by atoms with E-state index in [1.165, 1.54) is 0 Å². The molecule has 0 unspecified atom stereocenters. The minimum Gasteiger partial charge on any atom is -0.281 e. The van der Waals surface area contributed by atoms with Crippen molar-refractivity contribution in [2.75, 3.05) is 0 Å². The van der Waals surface area contributed by atoms with E-state index in [-0.39, 0.29) is 11.4 Å². The zero-order chi connectivity index (χ0) is 14.0. The molecule has 0 aliphatic carbocycles. The molecule has 3 aromatic rings. The van der Waals surface area contributed by atoms with E-state index in [0.717, 1.165) is 0 Å². The van der Waals surface area contributed by atoms with Crippen molar-refractivity contribution in [2.45, 2.75) is 11.4 Å². The molecule has 0 aliphatic heterocycles.